The van der Waals surface area contributed by atoms with Gasteiger partial charge in [0.05, 0.1) is 24.8 Å². The average molecular weight is 402 g/mol. The first-order chi connectivity index (χ1) is 12.6. The summed E-state index contributed by atoms with van der Waals surface area (Å²) in [7, 11) is 0. The van der Waals surface area contributed by atoms with E-state index in [4.69, 9.17) is 19.5 Å². The normalized spacial score (nSPS) is 27.1. The number of para-hydroxylation sites is 1. The van der Waals surface area contributed by atoms with E-state index in [1.165, 1.54) is 0 Å². The van der Waals surface area contributed by atoms with Gasteiger partial charge in [-0.25, -0.2) is 0 Å². The molecule has 0 bridgehead atoms. The molecular formula is C16H20ClN3O7. The van der Waals surface area contributed by atoms with Crippen molar-refractivity contribution in [1.82, 2.24) is 5.32 Å². The van der Waals surface area contributed by atoms with E-state index in [-0.39, 0.29) is 44.3 Å². The average Bonchev–Trinajstić information content (AvgIpc) is 3.21. The van der Waals surface area contributed by atoms with Crippen molar-refractivity contribution in [2.75, 3.05) is 26.4 Å². The SMILES string of the molecule is Cl.N#Cc1ccccc1OCC(O)CN[C@H]1CO[C@H]2[C@@H]1OC[C@@H]2O[N+](=O)[O-]. The van der Waals surface area contributed by atoms with Gasteiger partial charge in [0.25, 0.3) is 5.09 Å². The van der Waals surface area contributed by atoms with Gasteiger partial charge in [0.15, 0.2) is 6.10 Å². The molecule has 2 fully saturated rings. The summed E-state index contributed by atoms with van der Waals surface area (Å²) in [4.78, 5) is 15.0. The third kappa shape index (κ3) is 5.18. The van der Waals surface area contributed by atoms with Crippen molar-refractivity contribution < 1.29 is 29.2 Å². The van der Waals surface area contributed by atoms with Gasteiger partial charge >= 0.3 is 0 Å². The second kappa shape index (κ2) is 9.68. The predicted octanol–water partition coefficient (Wildman–Crippen LogP) is 0.0525. The smallest absolute Gasteiger partial charge is 0.294 e. The predicted molar refractivity (Wildman–Crippen MR) is 93.0 cm³/mol. The van der Waals surface area contributed by atoms with E-state index in [0.717, 1.165) is 0 Å². The van der Waals surface area contributed by atoms with Crippen LogP contribution in [0.4, 0.5) is 0 Å². The van der Waals surface area contributed by atoms with Gasteiger partial charge in [0.2, 0.25) is 0 Å². The zero-order valence-electron chi connectivity index (χ0n) is 14.2. The molecule has 2 N–H and O–H groups in total. The number of halogens is 1. The fourth-order valence-corrected chi connectivity index (χ4v) is 3.06. The van der Waals surface area contributed by atoms with Crippen molar-refractivity contribution in [2.24, 2.45) is 0 Å². The Hall–Kier alpha value is -2.16. The minimum atomic E-state index is -0.847. The summed E-state index contributed by atoms with van der Waals surface area (Å²) in [5, 5.41) is 31.8. The number of aliphatic hydroxyl groups is 1. The maximum atomic E-state index is 10.5. The third-order valence-electron chi connectivity index (χ3n) is 4.28. The first kappa shape index (κ1) is 21.1. The van der Waals surface area contributed by atoms with Gasteiger partial charge in [0, 0.05) is 6.54 Å². The number of rotatable bonds is 8. The standard InChI is InChI=1S/C16H19N3O7.ClH/c17-5-10-3-1-2-4-13(10)23-7-11(20)6-18-12-8-24-16-14(26-19(21)22)9-25-15(12)16;/h1-4,11-12,14-16,18,20H,6-9H2;1H/t11?,12-,14-,15+,16+;/m0./s1. The molecule has 0 radical (unpaired) electrons. The monoisotopic (exact) mass is 401 g/mol. The zero-order chi connectivity index (χ0) is 18.5. The number of ether oxygens (including phenoxy) is 3. The zero-order valence-corrected chi connectivity index (χ0v) is 15.0. The van der Waals surface area contributed by atoms with Crippen molar-refractivity contribution in [3.63, 3.8) is 0 Å². The summed E-state index contributed by atoms with van der Waals surface area (Å²) >= 11 is 0. The van der Waals surface area contributed by atoms with E-state index in [9.17, 15) is 15.2 Å². The lowest BCUT2D eigenvalue weighted by atomic mass is 10.1. The fraction of sp³-hybridized carbons (Fsp3) is 0.562. The summed E-state index contributed by atoms with van der Waals surface area (Å²) < 4.78 is 16.5. The van der Waals surface area contributed by atoms with Gasteiger partial charge in [-0.3, -0.25) is 0 Å². The van der Waals surface area contributed by atoms with Gasteiger partial charge in [-0.05, 0) is 12.1 Å². The van der Waals surface area contributed by atoms with Crippen LogP contribution in [-0.2, 0) is 14.3 Å². The highest BCUT2D eigenvalue weighted by atomic mass is 35.5. The number of nitriles is 1. The minimum absolute atomic E-state index is 0. The molecule has 11 heteroatoms. The first-order valence-corrected chi connectivity index (χ1v) is 8.16. The molecule has 27 heavy (non-hydrogen) atoms. The van der Waals surface area contributed by atoms with Crippen LogP contribution in [0.15, 0.2) is 24.3 Å². The summed E-state index contributed by atoms with van der Waals surface area (Å²) in [5.74, 6) is 0.414. The Kier molecular flexibility index (Phi) is 7.58. The first-order valence-electron chi connectivity index (χ1n) is 8.16. The van der Waals surface area contributed by atoms with Crippen LogP contribution in [0.2, 0.25) is 0 Å². The summed E-state index contributed by atoms with van der Waals surface area (Å²) in [6.07, 6.45) is -2.42. The Labute approximate surface area is 161 Å². The van der Waals surface area contributed by atoms with Crippen LogP contribution in [0.25, 0.3) is 0 Å². The summed E-state index contributed by atoms with van der Waals surface area (Å²) in [5.41, 5.74) is 0.399. The molecule has 1 unspecified atom stereocenters. The van der Waals surface area contributed by atoms with Crippen LogP contribution in [-0.4, -0.2) is 67.0 Å². The molecule has 5 atom stereocenters. The fourth-order valence-electron chi connectivity index (χ4n) is 3.06. The molecular weight excluding hydrogens is 382 g/mol. The van der Waals surface area contributed by atoms with Gasteiger partial charge < -0.3 is 29.5 Å². The van der Waals surface area contributed by atoms with E-state index in [1.807, 2.05) is 6.07 Å². The molecule has 2 heterocycles. The van der Waals surface area contributed by atoms with Crippen LogP contribution in [0.1, 0.15) is 5.56 Å². The number of hydrogen-bond donors (Lipinski definition) is 2. The van der Waals surface area contributed by atoms with Crippen molar-refractivity contribution in [2.45, 2.75) is 30.5 Å². The van der Waals surface area contributed by atoms with Gasteiger partial charge in [-0.2, -0.15) is 5.26 Å². The van der Waals surface area contributed by atoms with Crippen molar-refractivity contribution in [3.8, 4) is 11.8 Å². The van der Waals surface area contributed by atoms with Crippen LogP contribution >= 0.6 is 12.4 Å². The Morgan fingerprint density at radius 3 is 2.85 bits per heavy atom. The van der Waals surface area contributed by atoms with Crippen molar-refractivity contribution in [1.29, 1.82) is 5.26 Å². The van der Waals surface area contributed by atoms with E-state index in [1.54, 1.807) is 24.3 Å². The maximum Gasteiger partial charge on any atom is 0.294 e. The molecule has 1 aromatic rings. The van der Waals surface area contributed by atoms with E-state index < -0.39 is 23.4 Å². The Bertz CT molecular complexity index is 686. The molecule has 1 aromatic carbocycles. The topological polar surface area (TPSA) is 136 Å². The van der Waals surface area contributed by atoms with Crippen molar-refractivity contribution >= 4 is 12.4 Å². The second-order valence-electron chi connectivity index (χ2n) is 6.05. The lowest BCUT2D eigenvalue weighted by Gasteiger charge is -2.20. The molecule has 0 aromatic heterocycles. The number of benzene rings is 1. The lowest BCUT2D eigenvalue weighted by Crippen LogP contribution is -2.45. The van der Waals surface area contributed by atoms with E-state index >= 15 is 0 Å². The minimum Gasteiger partial charge on any atom is -0.489 e. The van der Waals surface area contributed by atoms with Crippen LogP contribution in [0, 0.1) is 21.4 Å². The number of aliphatic hydroxyl groups excluding tert-OH is 1. The molecule has 0 saturated carbocycles. The summed E-state index contributed by atoms with van der Waals surface area (Å²) in [6.45, 7) is 0.625. The van der Waals surface area contributed by atoms with Gasteiger partial charge in [-0.15, -0.1) is 22.5 Å². The number of fused-ring (bicyclic) bond motifs is 1. The van der Waals surface area contributed by atoms with Gasteiger partial charge in [-0.1, -0.05) is 12.1 Å². The van der Waals surface area contributed by atoms with E-state index in [0.29, 0.717) is 17.9 Å². The van der Waals surface area contributed by atoms with Crippen molar-refractivity contribution in [3.05, 3.63) is 39.9 Å². The molecule has 2 saturated heterocycles. The molecule has 148 valence electrons. The highest BCUT2D eigenvalue weighted by Crippen LogP contribution is 2.28. The molecule has 3 rings (SSSR count). The largest absolute Gasteiger partial charge is 0.489 e. The second-order valence-corrected chi connectivity index (χ2v) is 6.05. The number of nitrogens with zero attached hydrogens (tertiary/aromatic N) is 2. The quantitative estimate of drug-likeness (QED) is 0.457. The highest BCUT2D eigenvalue weighted by Gasteiger charge is 2.49. The number of nitrogens with one attached hydrogen (secondary N) is 1. The maximum absolute atomic E-state index is 10.5. The third-order valence-corrected chi connectivity index (χ3v) is 4.28. The molecule has 2 aliphatic heterocycles. The molecule has 0 amide bonds. The van der Waals surface area contributed by atoms with Crippen LogP contribution in [0.5, 0.6) is 5.75 Å². The molecule has 0 spiro atoms. The Morgan fingerprint density at radius 1 is 1.37 bits per heavy atom. The molecule has 2 aliphatic rings. The lowest BCUT2D eigenvalue weighted by molar-refractivity contribution is -0.769. The van der Waals surface area contributed by atoms with Crippen LogP contribution in [0.3, 0.4) is 0 Å². The number of hydrogen-bond acceptors (Lipinski definition) is 9. The Balaban J connectivity index is 0.00000261. The highest BCUT2D eigenvalue weighted by molar-refractivity contribution is 5.85. The molecule has 0 aliphatic carbocycles. The summed E-state index contributed by atoms with van der Waals surface area (Å²) in [6, 6.07) is 8.60. The van der Waals surface area contributed by atoms with E-state index in [2.05, 4.69) is 10.2 Å². The van der Waals surface area contributed by atoms with Gasteiger partial charge in [0.1, 0.15) is 36.7 Å². The molecule has 10 nitrogen and oxygen atoms in total. The Morgan fingerprint density at radius 2 is 2.11 bits per heavy atom. The van der Waals surface area contributed by atoms with Crippen LogP contribution < -0.4 is 10.1 Å².